The molecule has 0 spiro atoms. The van der Waals surface area contributed by atoms with Crippen molar-refractivity contribution < 1.29 is 18.4 Å². The van der Waals surface area contributed by atoms with E-state index in [0.717, 1.165) is 43.9 Å². The van der Waals surface area contributed by atoms with Gasteiger partial charge in [0, 0.05) is 49.8 Å². The summed E-state index contributed by atoms with van der Waals surface area (Å²) in [7, 11) is 1.40. The molecule has 2 aromatic carbocycles. The van der Waals surface area contributed by atoms with Gasteiger partial charge in [-0.2, -0.15) is 4.98 Å². The number of methoxy groups -OCH3 is 1. The van der Waals surface area contributed by atoms with E-state index < -0.39 is 5.82 Å². The van der Waals surface area contributed by atoms with Crippen molar-refractivity contribution in [2.75, 3.05) is 33.3 Å². The lowest BCUT2D eigenvalue weighted by Gasteiger charge is -2.34. The molecule has 0 radical (unpaired) electrons. The number of piperazine rings is 1. The Kier molecular flexibility index (Phi) is 6.58. The van der Waals surface area contributed by atoms with Gasteiger partial charge in [0.2, 0.25) is 11.7 Å². The summed E-state index contributed by atoms with van der Waals surface area (Å²) in [6.07, 6.45) is 4.75. The van der Waals surface area contributed by atoms with Crippen LogP contribution in [0.5, 0.6) is 5.75 Å². The Hall–Kier alpha value is -3.26. The van der Waals surface area contributed by atoms with Crippen molar-refractivity contribution in [1.29, 1.82) is 0 Å². The van der Waals surface area contributed by atoms with E-state index in [1.165, 1.54) is 43.7 Å². The molecule has 1 aliphatic carbocycles. The van der Waals surface area contributed by atoms with Crippen molar-refractivity contribution in [3.63, 3.8) is 0 Å². The summed E-state index contributed by atoms with van der Waals surface area (Å²) in [5.74, 6) is 1.35. The molecule has 1 aliphatic heterocycles. The van der Waals surface area contributed by atoms with Gasteiger partial charge in [0.25, 0.3) is 5.91 Å². The van der Waals surface area contributed by atoms with Crippen molar-refractivity contribution in [3.05, 3.63) is 65.3 Å². The van der Waals surface area contributed by atoms with E-state index in [-0.39, 0.29) is 11.7 Å². The van der Waals surface area contributed by atoms with Crippen LogP contribution in [-0.4, -0.2) is 59.1 Å². The maximum Gasteiger partial charge on any atom is 0.254 e. The van der Waals surface area contributed by atoms with Crippen molar-refractivity contribution in [3.8, 4) is 17.1 Å². The van der Waals surface area contributed by atoms with E-state index >= 15 is 0 Å². The van der Waals surface area contributed by atoms with Crippen LogP contribution in [-0.2, 0) is 6.54 Å². The second-order valence-corrected chi connectivity index (χ2v) is 9.05. The Morgan fingerprint density at radius 1 is 1.09 bits per heavy atom. The number of hydrogen-bond acceptors (Lipinski definition) is 6. The number of carbonyl (C=O) groups is 1. The number of hydrogen-bond donors (Lipinski definition) is 0. The fraction of sp³-hybridized carbons (Fsp3) is 0.423. The second-order valence-electron chi connectivity index (χ2n) is 9.05. The van der Waals surface area contributed by atoms with Gasteiger partial charge in [-0.25, -0.2) is 4.39 Å². The largest absolute Gasteiger partial charge is 0.494 e. The molecule has 0 atom stereocenters. The van der Waals surface area contributed by atoms with E-state index in [1.54, 1.807) is 0 Å². The van der Waals surface area contributed by atoms with Crippen LogP contribution in [0.3, 0.4) is 0 Å². The molecule has 1 saturated carbocycles. The van der Waals surface area contributed by atoms with Gasteiger partial charge in [-0.05, 0) is 36.6 Å². The standard InChI is InChI=1S/C26H29FN4O3/c1-33-23-16-21(10-11-22(23)27)26(32)31-14-12-30(13-15-31)17-18-6-8-19(9-7-18)24-28-25(34-29-24)20-4-2-3-5-20/h6-11,16,20H,2-5,12-15,17H2,1H3. The minimum Gasteiger partial charge on any atom is -0.494 e. The van der Waals surface area contributed by atoms with Crippen LogP contribution in [0.1, 0.15) is 53.4 Å². The zero-order valence-corrected chi connectivity index (χ0v) is 19.4. The number of rotatable bonds is 6. The zero-order valence-electron chi connectivity index (χ0n) is 19.4. The van der Waals surface area contributed by atoms with Gasteiger partial charge in [0.15, 0.2) is 11.6 Å². The first kappa shape index (κ1) is 22.5. The van der Waals surface area contributed by atoms with Crippen LogP contribution in [0.25, 0.3) is 11.4 Å². The quantitative estimate of drug-likeness (QED) is 0.535. The molecule has 8 heteroatoms. The lowest BCUT2D eigenvalue weighted by Crippen LogP contribution is -2.48. The SMILES string of the molecule is COc1cc(C(=O)N2CCN(Cc3ccc(-c4noc(C5CCCC5)n4)cc3)CC2)ccc1F. The molecule has 0 N–H and O–H groups in total. The predicted octanol–water partition coefficient (Wildman–Crippen LogP) is 4.50. The summed E-state index contributed by atoms with van der Waals surface area (Å²) < 4.78 is 24.2. The molecule has 0 bridgehead atoms. The van der Waals surface area contributed by atoms with E-state index in [0.29, 0.717) is 30.4 Å². The van der Waals surface area contributed by atoms with Crippen molar-refractivity contribution in [1.82, 2.24) is 19.9 Å². The highest BCUT2D eigenvalue weighted by atomic mass is 19.1. The highest BCUT2D eigenvalue weighted by molar-refractivity contribution is 5.94. The lowest BCUT2D eigenvalue weighted by molar-refractivity contribution is 0.0628. The van der Waals surface area contributed by atoms with Crippen LogP contribution in [0.4, 0.5) is 4.39 Å². The molecule has 34 heavy (non-hydrogen) atoms. The Labute approximate surface area is 198 Å². The highest BCUT2D eigenvalue weighted by Gasteiger charge is 2.24. The normalized spacial score (nSPS) is 17.3. The first-order chi connectivity index (χ1) is 16.6. The molecular formula is C26H29FN4O3. The summed E-state index contributed by atoms with van der Waals surface area (Å²) in [4.78, 5) is 21.6. The monoisotopic (exact) mass is 464 g/mol. The van der Waals surface area contributed by atoms with Crippen LogP contribution in [0.15, 0.2) is 47.0 Å². The number of halogens is 1. The topological polar surface area (TPSA) is 71.7 Å². The Morgan fingerprint density at radius 2 is 1.82 bits per heavy atom. The Bertz CT molecular complexity index is 1130. The average Bonchev–Trinajstić information content (AvgIpc) is 3.57. The van der Waals surface area contributed by atoms with Gasteiger partial charge in [-0.3, -0.25) is 9.69 Å². The van der Waals surface area contributed by atoms with E-state index in [2.05, 4.69) is 27.2 Å². The minimum atomic E-state index is -0.469. The number of nitrogens with zero attached hydrogens (tertiary/aromatic N) is 4. The maximum atomic E-state index is 13.7. The number of ether oxygens (including phenoxy) is 1. The third kappa shape index (κ3) is 4.82. The smallest absolute Gasteiger partial charge is 0.254 e. The highest BCUT2D eigenvalue weighted by Crippen LogP contribution is 2.34. The first-order valence-electron chi connectivity index (χ1n) is 11.9. The van der Waals surface area contributed by atoms with E-state index in [1.807, 2.05) is 17.0 Å². The van der Waals surface area contributed by atoms with Gasteiger partial charge >= 0.3 is 0 Å². The fourth-order valence-corrected chi connectivity index (χ4v) is 4.79. The van der Waals surface area contributed by atoms with Gasteiger partial charge in [-0.15, -0.1) is 0 Å². The first-order valence-corrected chi connectivity index (χ1v) is 11.9. The second kappa shape index (κ2) is 9.93. The number of benzene rings is 2. The van der Waals surface area contributed by atoms with Crippen molar-refractivity contribution >= 4 is 5.91 Å². The van der Waals surface area contributed by atoms with Gasteiger partial charge in [0.05, 0.1) is 7.11 Å². The summed E-state index contributed by atoms with van der Waals surface area (Å²) in [6.45, 7) is 3.63. The number of carbonyl (C=O) groups excluding carboxylic acids is 1. The van der Waals surface area contributed by atoms with Crippen LogP contribution < -0.4 is 4.74 Å². The average molecular weight is 465 g/mol. The molecule has 3 aromatic rings. The molecule has 1 saturated heterocycles. The van der Waals surface area contributed by atoms with Gasteiger partial charge < -0.3 is 14.2 Å². The summed E-state index contributed by atoms with van der Waals surface area (Å²) in [5.41, 5.74) is 2.60. The molecule has 7 nitrogen and oxygen atoms in total. The van der Waals surface area contributed by atoms with Gasteiger partial charge in [-0.1, -0.05) is 42.3 Å². The zero-order chi connectivity index (χ0) is 23.5. The Morgan fingerprint density at radius 3 is 2.53 bits per heavy atom. The number of aromatic nitrogens is 2. The molecular weight excluding hydrogens is 435 g/mol. The molecule has 5 rings (SSSR count). The predicted molar refractivity (Wildman–Crippen MR) is 125 cm³/mol. The fourth-order valence-electron chi connectivity index (χ4n) is 4.79. The van der Waals surface area contributed by atoms with Crippen LogP contribution in [0.2, 0.25) is 0 Å². The molecule has 1 amide bonds. The van der Waals surface area contributed by atoms with Crippen molar-refractivity contribution in [2.24, 2.45) is 0 Å². The summed E-state index contributed by atoms with van der Waals surface area (Å²) in [5, 5.41) is 4.18. The minimum absolute atomic E-state index is 0.0866. The lowest BCUT2D eigenvalue weighted by atomic mass is 10.1. The summed E-state index contributed by atoms with van der Waals surface area (Å²) >= 11 is 0. The maximum absolute atomic E-state index is 13.7. The third-order valence-corrected chi connectivity index (χ3v) is 6.82. The van der Waals surface area contributed by atoms with Crippen LogP contribution in [0, 0.1) is 5.82 Å². The molecule has 0 unspecified atom stereocenters. The van der Waals surface area contributed by atoms with Crippen molar-refractivity contribution in [2.45, 2.75) is 38.1 Å². The summed E-state index contributed by atoms with van der Waals surface area (Å²) in [6, 6.07) is 12.5. The number of amides is 1. The third-order valence-electron chi connectivity index (χ3n) is 6.82. The molecule has 178 valence electrons. The van der Waals surface area contributed by atoms with Gasteiger partial charge in [0.1, 0.15) is 0 Å². The Balaban J connectivity index is 1.15. The molecule has 1 aromatic heterocycles. The molecule has 2 fully saturated rings. The molecule has 2 heterocycles. The van der Waals surface area contributed by atoms with Crippen LogP contribution >= 0.6 is 0 Å². The van der Waals surface area contributed by atoms with E-state index in [4.69, 9.17) is 9.26 Å². The van der Waals surface area contributed by atoms with E-state index in [9.17, 15) is 9.18 Å². The molecule has 2 aliphatic rings.